The number of phenolic OH excluding ortho intramolecular Hbond substituents is 1. The molecule has 1 aliphatic rings. The van der Waals surface area contributed by atoms with Gasteiger partial charge in [-0.1, -0.05) is 6.07 Å². The zero-order valence-electron chi connectivity index (χ0n) is 11.0. The fraction of sp³-hybridized carbons (Fsp3) is 0.500. The Morgan fingerprint density at radius 3 is 3.00 bits per heavy atom. The third-order valence-electron chi connectivity index (χ3n) is 3.28. The number of fused-ring (bicyclic) bond motifs is 1. The Hall–Kier alpha value is -1.75. The Morgan fingerprint density at radius 2 is 2.26 bits per heavy atom. The van der Waals surface area contributed by atoms with E-state index in [9.17, 15) is 9.90 Å². The quantitative estimate of drug-likeness (QED) is 0.616. The number of phenols is 1. The van der Waals surface area contributed by atoms with Gasteiger partial charge in [-0.3, -0.25) is 4.79 Å². The van der Waals surface area contributed by atoms with Crippen molar-refractivity contribution in [2.75, 3.05) is 13.7 Å². The van der Waals surface area contributed by atoms with E-state index in [1.165, 1.54) is 7.11 Å². The molecule has 0 fully saturated rings. The molecule has 2 rings (SSSR count). The molecule has 0 saturated carbocycles. The van der Waals surface area contributed by atoms with Crippen LogP contribution in [-0.2, 0) is 22.4 Å². The van der Waals surface area contributed by atoms with Gasteiger partial charge in [0.1, 0.15) is 0 Å². The minimum atomic E-state index is -0.256. The number of esters is 1. The highest BCUT2D eigenvalue weighted by molar-refractivity contribution is 5.69. The van der Waals surface area contributed by atoms with Crippen molar-refractivity contribution in [3.8, 4) is 11.5 Å². The predicted octanol–water partition coefficient (Wildman–Crippen LogP) is 1.15. The molecule has 104 valence electrons. The van der Waals surface area contributed by atoms with Crippen molar-refractivity contribution < 1.29 is 19.4 Å². The SMILES string of the molecule is COC(=O)CCCOc1c(O)ccc2c1CC(N)C2. The summed E-state index contributed by atoms with van der Waals surface area (Å²) in [7, 11) is 1.36. The van der Waals surface area contributed by atoms with Crippen LogP contribution in [0.5, 0.6) is 11.5 Å². The Balaban J connectivity index is 1.97. The van der Waals surface area contributed by atoms with Gasteiger partial charge in [0.25, 0.3) is 0 Å². The third kappa shape index (κ3) is 3.17. The third-order valence-corrected chi connectivity index (χ3v) is 3.28. The maximum Gasteiger partial charge on any atom is 0.305 e. The second kappa shape index (κ2) is 5.93. The molecule has 0 aromatic heterocycles. The van der Waals surface area contributed by atoms with Crippen molar-refractivity contribution in [1.29, 1.82) is 0 Å². The number of methoxy groups -OCH3 is 1. The van der Waals surface area contributed by atoms with E-state index in [-0.39, 0.29) is 17.8 Å². The highest BCUT2D eigenvalue weighted by atomic mass is 16.5. The lowest BCUT2D eigenvalue weighted by atomic mass is 10.1. The van der Waals surface area contributed by atoms with Crippen molar-refractivity contribution >= 4 is 5.97 Å². The summed E-state index contributed by atoms with van der Waals surface area (Å²) in [6.07, 6.45) is 2.40. The largest absolute Gasteiger partial charge is 0.504 e. The van der Waals surface area contributed by atoms with Crippen molar-refractivity contribution in [2.24, 2.45) is 5.73 Å². The van der Waals surface area contributed by atoms with Crippen LogP contribution in [-0.4, -0.2) is 30.8 Å². The standard InChI is InChI=1S/C14H19NO4/c1-18-13(17)3-2-6-19-14-11-8-10(15)7-9(11)4-5-12(14)16/h4-5,10,16H,2-3,6-8,15H2,1H3. The molecule has 5 nitrogen and oxygen atoms in total. The molecule has 1 aliphatic carbocycles. The van der Waals surface area contributed by atoms with Crippen molar-refractivity contribution in [3.05, 3.63) is 23.3 Å². The summed E-state index contributed by atoms with van der Waals surface area (Å²) in [4.78, 5) is 11.0. The van der Waals surface area contributed by atoms with Crippen LogP contribution >= 0.6 is 0 Å². The van der Waals surface area contributed by atoms with Crippen LogP contribution in [0.15, 0.2) is 12.1 Å². The zero-order valence-corrected chi connectivity index (χ0v) is 11.0. The molecule has 1 aromatic carbocycles. The average molecular weight is 265 g/mol. The molecule has 1 atom stereocenters. The highest BCUT2D eigenvalue weighted by Crippen LogP contribution is 2.37. The molecule has 5 heteroatoms. The fourth-order valence-corrected chi connectivity index (χ4v) is 2.34. The van der Waals surface area contributed by atoms with E-state index in [1.54, 1.807) is 6.07 Å². The normalized spacial score (nSPS) is 17.1. The fourth-order valence-electron chi connectivity index (χ4n) is 2.34. The van der Waals surface area contributed by atoms with Crippen LogP contribution in [0.2, 0.25) is 0 Å². The lowest BCUT2D eigenvalue weighted by Gasteiger charge is -2.12. The summed E-state index contributed by atoms with van der Waals surface area (Å²) in [5, 5.41) is 9.86. The molecule has 0 bridgehead atoms. The van der Waals surface area contributed by atoms with Gasteiger partial charge < -0.3 is 20.3 Å². The number of rotatable bonds is 5. The van der Waals surface area contributed by atoms with Gasteiger partial charge >= 0.3 is 5.97 Å². The molecule has 3 N–H and O–H groups in total. The van der Waals surface area contributed by atoms with E-state index in [1.807, 2.05) is 6.07 Å². The van der Waals surface area contributed by atoms with E-state index in [0.29, 0.717) is 25.2 Å². The highest BCUT2D eigenvalue weighted by Gasteiger charge is 2.24. The van der Waals surface area contributed by atoms with Crippen LogP contribution < -0.4 is 10.5 Å². The summed E-state index contributed by atoms with van der Waals surface area (Å²) in [6.45, 7) is 0.369. The van der Waals surface area contributed by atoms with Crippen LogP contribution in [0, 0.1) is 0 Å². The molecule has 19 heavy (non-hydrogen) atoms. The molecular weight excluding hydrogens is 246 g/mol. The van der Waals surface area contributed by atoms with E-state index in [2.05, 4.69) is 4.74 Å². The summed E-state index contributed by atoms with van der Waals surface area (Å²) < 4.78 is 10.2. The summed E-state index contributed by atoms with van der Waals surface area (Å²) in [5.74, 6) is 0.384. The Labute approximate surface area is 112 Å². The Morgan fingerprint density at radius 1 is 1.47 bits per heavy atom. The van der Waals surface area contributed by atoms with Gasteiger partial charge in [-0.15, -0.1) is 0 Å². The number of hydrogen-bond acceptors (Lipinski definition) is 5. The predicted molar refractivity (Wildman–Crippen MR) is 70.2 cm³/mol. The smallest absolute Gasteiger partial charge is 0.305 e. The van der Waals surface area contributed by atoms with E-state index < -0.39 is 0 Å². The number of carbonyl (C=O) groups is 1. The first-order chi connectivity index (χ1) is 9.11. The molecule has 0 heterocycles. The number of ether oxygens (including phenoxy) is 2. The molecule has 1 unspecified atom stereocenters. The van der Waals surface area contributed by atoms with Crippen molar-refractivity contribution in [2.45, 2.75) is 31.7 Å². The Bertz CT molecular complexity index is 473. The monoisotopic (exact) mass is 265 g/mol. The number of benzene rings is 1. The van der Waals surface area contributed by atoms with Crippen LogP contribution in [0.25, 0.3) is 0 Å². The minimum absolute atomic E-state index is 0.0919. The first-order valence-electron chi connectivity index (χ1n) is 6.40. The molecule has 0 radical (unpaired) electrons. The topological polar surface area (TPSA) is 81.8 Å². The second-order valence-corrected chi connectivity index (χ2v) is 4.75. The van der Waals surface area contributed by atoms with E-state index >= 15 is 0 Å². The minimum Gasteiger partial charge on any atom is -0.504 e. The lowest BCUT2D eigenvalue weighted by Crippen LogP contribution is -2.19. The van der Waals surface area contributed by atoms with Gasteiger partial charge in [0.2, 0.25) is 0 Å². The lowest BCUT2D eigenvalue weighted by molar-refractivity contribution is -0.140. The van der Waals surface area contributed by atoms with Crippen molar-refractivity contribution in [1.82, 2.24) is 0 Å². The van der Waals surface area contributed by atoms with E-state index in [0.717, 1.165) is 24.0 Å². The van der Waals surface area contributed by atoms with Gasteiger partial charge in [-0.2, -0.15) is 0 Å². The summed E-state index contributed by atoms with van der Waals surface area (Å²) in [5.41, 5.74) is 8.04. The molecule has 0 saturated heterocycles. The Kier molecular flexibility index (Phi) is 4.27. The van der Waals surface area contributed by atoms with Gasteiger partial charge in [0.05, 0.1) is 13.7 Å². The number of carbonyl (C=O) groups excluding carboxylic acids is 1. The first-order valence-corrected chi connectivity index (χ1v) is 6.40. The summed E-state index contributed by atoms with van der Waals surface area (Å²) >= 11 is 0. The van der Waals surface area contributed by atoms with E-state index in [4.69, 9.17) is 10.5 Å². The average Bonchev–Trinajstić information content (AvgIpc) is 2.77. The van der Waals surface area contributed by atoms with Crippen LogP contribution in [0.3, 0.4) is 0 Å². The van der Waals surface area contributed by atoms with Crippen molar-refractivity contribution in [3.63, 3.8) is 0 Å². The van der Waals surface area contributed by atoms with Gasteiger partial charge in [0.15, 0.2) is 11.5 Å². The van der Waals surface area contributed by atoms with Gasteiger partial charge in [-0.05, 0) is 30.9 Å². The number of nitrogens with two attached hydrogens (primary N) is 1. The first kappa shape index (κ1) is 13.7. The molecule has 1 aromatic rings. The molecule has 0 spiro atoms. The maximum absolute atomic E-state index is 11.0. The van der Waals surface area contributed by atoms with Crippen LogP contribution in [0.4, 0.5) is 0 Å². The molecular formula is C14H19NO4. The summed E-state index contributed by atoms with van der Waals surface area (Å²) in [6, 6.07) is 3.61. The molecule has 0 aliphatic heterocycles. The van der Waals surface area contributed by atoms with Gasteiger partial charge in [-0.25, -0.2) is 0 Å². The second-order valence-electron chi connectivity index (χ2n) is 4.75. The number of hydrogen-bond donors (Lipinski definition) is 2. The van der Waals surface area contributed by atoms with Gasteiger partial charge in [0, 0.05) is 18.0 Å². The van der Waals surface area contributed by atoms with Crippen LogP contribution in [0.1, 0.15) is 24.0 Å². The number of aromatic hydroxyl groups is 1. The molecule has 0 amide bonds. The maximum atomic E-state index is 11.0. The zero-order chi connectivity index (χ0) is 13.8.